The van der Waals surface area contributed by atoms with Gasteiger partial charge in [-0.15, -0.1) is 0 Å². The largest absolute Gasteiger partial charge is 0.340 e. The number of anilines is 2. The fraction of sp³-hybridized carbons (Fsp3) is 0.435. The van der Waals surface area contributed by atoms with Crippen LogP contribution in [0.4, 0.5) is 11.5 Å². The third-order valence-electron chi connectivity index (χ3n) is 5.60. The van der Waals surface area contributed by atoms with Gasteiger partial charge in [0.2, 0.25) is 0 Å². The number of pyridine rings is 2. The molecule has 0 saturated carbocycles. The maximum absolute atomic E-state index is 4.87. The topological polar surface area (TPSA) is 58.9 Å². The van der Waals surface area contributed by atoms with Crippen molar-refractivity contribution in [1.82, 2.24) is 24.6 Å². The summed E-state index contributed by atoms with van der Waals surface area (Å²) in [5.41, 5.74) is 5.75. The van der Waals surface area contributed by atoms with E-state index in [1.54, 1.807) is 6.20 Å². The van der Waals surface area contributed by atoms with Crippen molar-refractivity contribution in [2.75, 3.05) is 18.4 Å². The maximum Gasteiger partial charge on any atom is 0.130 e. The molecule has 0 bridgehead atoms. The summed E-state index contributed by atoms with van der Waals surface area (Å²) in [4.78, 5) is 11.8. The summed E-state index contributed by atoms with van der Waals surface area (Å²) in [6.07, 6.45) is 6.38. The predicted molar refractivity (Wildman–Crippen MR) is 116 cm³/mol. The van der Waals surface area contributed by atoms with Gasteiger partial charge in [-0.25, -0.2) is 4.98 Å². The van der Waals surface area contributed by atoms with Crippen LogP contribution in [0.15, 0.2) is 42.7 Å². The van der Waals surface area contributed by atoms with Gasteiger partial charge in [-0.1, -0.05) is 6.07 Å². The van der Waals surface area contributed by atoms with Crippen LogP contribution in [-0.2, 0) is 13.1 Å². The minimum absolute atomic E-state index is 0.453. The second-order valence-electron chi connectivity index (χ2n) is 7.93. The fourth-order valence-corrected chi connectivity index (χ4v) is 4.12. The lowest BCUT2D eigenvalue weighted by atomic mass is 9.93. The SMILES string of the molecule is CCn1cc(CN2CCC[C@@H](c3cc(Nc4ccccn4)cc(C)n3)C2)c(C)n1. The van der Waals surface area contributed by atoms with Gasteiger partial charge in [-0.2, -0.15) is 5.10 Å². The molecule has 6 nitrogen and oxygen atoms in total. The highest BCUT2D eigenvalue weighted by atomic mass is 15.3. The number of hydrogen-bond acceptors (Lipinski definition) is 5. The van der Waals surface area contributed by atoms with Gasteiger partial charge >= 0.3 is 0 Å². The minimum atomic E-state index is 0.453. The summed E-state index contributed by atoms with van der Waals surface area (Å²) in [6.45, 7) is 10.4. The molecule has 3 aromatic rings. The molecule has 6 heteroatoms. The molecule has 0 amide bonds. The smallest absolute Gasteiger partial charge is 0.130 e. The second kappa shape index (κ2) is 8.74. The molecule has 1 saturated heterocycles. The molecule has 0 aliphatic carbocycles. The average Bonchev–Trinajstić information content (AvgIpc) is 3.08. The highest BCUT2D eigenvalue weighted by Gasteiger charge is 2.24. The molecular weight excluding hydrogens is 360 g/mol. The number of nitrogens with zero attached hydrogens (tertiary/aromatic N) is 5. The lowest BCUT2D eigenvalue weighted by Crippen LogP contribution is -2.34. The van der Waals surface area contributed by atoms with E-state index in [-0.39, 0.29) is 0 Å². The van der Waals surface area contributed by atoms with Crippen molar-refractivity contribution in [1.29, 1.82) is 0 Å². The van der Waals surface area contributed by atoms with Crippen molar-refractivity contribution >= 4 is 11.5 Å². The zero-order chi connectivity index (χ0) is 20.2. The Morgan fingerprint density at radius 1 is 1.21 bits per heavy atom. The maximum atomic E-state index is 4.87. The second-order valence-corrected chi connectivity index (χ2v) is 7.93. The Balaban J connectivity index is 1.48. The number of aromatic nitrogens is 4. The summed E-state index contributed by atoms with van der Waals surface area (Å²) in [6, 6.07) is 10.2. The predicted octanol–water partition coefficient (Wildman–Crippen LogP) is 4.43. The van der Waals surface area contributed by atoms with Crippen LogP contribution in [0, 0.1) is 13.8 Å². The van der Waals surface area contributed by atoms with E-state index >= 15 is 0 Å². The number of hydrogen-bond donors (Lipinski definition) is 1. The standard InChI is InChI=1S/C23H30N6/c1-4-29-16-20(18(3)27-29)15-28-11-7-8-19(14-28)22-13-21(12-17(2)25-22)26-23-9-5-6-10-24-23/h5-6,9-10,12-13,16,19H,4,7-8,11,14-15H2,1-3H3,(H,24,25,26)/t19-/m1/s1. The zero-order valence-electron chi connectivity index (χ0n) is 17.6. The van der Waals surface area contributed by atoms with Crippen LogP contribution >= 0.6 is 0 Å². The lowest BCUT2D eigenvalue weighted by molar-refractivity contribution is 0.198. The molecule has 0 aromatic carbocycles. The third kappa shape index (κ3) is 4.82. The van der Waals surface area contributed by atoms with Crippen LogP contribution in [0.3, 0.4) is 0 Å². The van der Waals surface area contributed by atoms with Gasteiger partial charge in [0.05, 0.1) is 5.69 Å². The Kier molecular flexibility index (Phi) is 5.90. The summed E-state index contributed by atoms with van der Waals surface area (Å²) in [5, 5.41) is 8.01. The van der Waals surface area contributed by atoms with E-state index in [1.165, 1.54) is 24.1 Å². The monoisotopic (exact) mass is 390 g/mol. The van der Waals surface area contributed by atoms with E-state index in [2.05, 4.69) is 59.4 Å². The van der Waals surface area contributed by atoms with E-state index < -0.39 is 0 Å². The minimum Gasteiger partial charge on any atom is -0.340 e. The van der Waals surface area contributed by atoms with Crippen LogP contribution < -0.4 is 5.32 Å². The molecule has 0 unspecified atom stereocenters. The summed E-state index contributed by atoms with van der Waals surface area (Å²) in [5.74, 6) is 1.31. The molecular formula is C23H30N6. The quantitative estimate of drug-likeness (QED) is 0.675. The van der Waals surface area contributed by atoms with Crippen LogP contribution in [0.2, 0.25) is 0 Å². The first kappa shape index (κ1) is 19.6. The van der Waals surface area contributed by atoms with Crippen molar-refractivity contribution in [3.8, 4) is 0 Å². The Bertz CT molecular complexity index is 949. The van der Waals surface area contributed by atoms with Gasteiger partial charge in [0.15, 0.2) is 0 Å². The van der Waals surface area contributed by atoms with E-state index in [4.69, 9.17) is 4.98 Å². The van der Waals surface area contributed by atoms with Crippen molar-refractivity contribution in [3.63, 3.8) is 0 Å². The van der Waals surface area contributed by atoms with E-state index in [1.807, 2.05) is 22.9 Å². The zero-order valence-corrected chi connectivity index (χ0v) is 17.6. The molecule has 4 rings (SSSR count). The van der Waals surface area contributed by atoms with Crippen LogP contribution in [0.5, 0.6) is 0 Å². The van der Waals surface area contributed by atoms with Crippen LogP contribution in [0.1, 0.15) is 48.3 Å². The molecule has 0 spiro atoms. The number of rotatable bonds is 6. The van der Waals surface area contributed by atoms with Crippen LogP contribution in [0.25, 0.3) is 0 Å². The molecule has 152 valence electrons. The van der Waals surface area contributed by atoms with Gasteiger partial charge in [-0.05, 0) is 64.4 Å². The molecule has 1 fully saturated rings. The lowest BCUT2D eigenvalue weighted by Gasteiger charge is -2.32. The van der Waals surface area contributed by atoms with E-state index in [0.29, 0.717) is 5.92 Å². The van der Waals surface area contributed by atoms with Gasteiger partial charge in [0.1, 0.15) is 5.82 Å². The van der Waals surface area contributed by atoms with Gasteiger partial charge in [0.25, 0.3) is 0 Å². The highest BCUT2D eigenvalue weighted by molar-refractivity contribution is 5.57. The first-order chi connectivity index (χ1) is 14.1. The Hall–Kier alpha value is -2.73. The third-order valence-corrected chi connectivity index (χ3v) is 5.60. The normalized spacial score (nSPS) is 17.4. The van der Waals surface area contributed by atoms with Gasteiger partial charge < -0.3 is 5.32 Å². The summed E-state index contributed by atoms with van der Waals surface area (Å²) in [7, 11) is 0. The van der Waals surface area contributed by atoms with E-state index in [0.717, 1.165) is 49.1 Å². The Morgan fingerprint density at radius 2 is 2.10 bits per heavy atom. The molecule has 1 atom stereocenters. The molecule has 4 heterocycles. The van der Waals surface area contributed by atoms with Crippen LogP contribution in [-0.4, -0.2) is 37.7 Å². The van der Waals surface area contributed by atoms with Gasteiger partial charge in [0, 0.05) is 60.6 Å². The number of likely N-dealkylation sites (tertiary alicyclic amines) is 1. The van der Waals surface area contributed by atoms with Crippen molar-refractivity contribution < 1.29 is 0 Å². The molecule has 1 N–H and O–H groups in total. The fourth-order valence-electron chi connectivity index (χ4n) is 4.12. The van der Waals surface area contributed by atoms with Crippen molar-refractivity contribution in [3.05, 3.63) is 65.4 Å². The molecule has 1 aliphatic rings. The first-order valence-electron chi connectivity index (χ1n) is 10.5. The Morgan fingerprint density at radius 3 is 2.86 bits per heavy atom. The average molecular weight is 391 g/mol. The highest BCUT2D eigenvalue weighted by Crippen LogP contribution is 2.29. The number of nitrogens with one attached hydrogen (secondary N) is 1. The molecule has 1 aliphatic heterocycles. The summed E-state index contributed by atoms with van der Waals surface area (Å²) >= 11 is 0. The molecule has 3 aromatic heterocycles. The van der Waals surface area contributed by atoms with Crippen molar-refractivity contribution in [2.45, 2.75) is 52.6 Å². The van der Waals surface area contributed by atoms with Crippen molar-refractivity contribution in [2.24, 2.45) is 0 Å². The molecule has 0 radical (unpaired) electrons. The number of aryl methyl sites for hydroxylation is 3. The first-order valence-corrected chi connectivity index (χ1v) is 10.5. The van der Waals surface area contributed by atoms with Gasteiger partial charge in [-0.3, -0.25) is 14.6 Å². The molecule has 29 heavy (non-hydrogen) atoms. The Labute approximate surface area is 173 Å². The number of piperidine rings is 1. The summed E-state index contributed by atoms with van der Waals surface area (Å²) < 4.78 is 2.03. The van der Waals surface area contributed by atoms with E-state index in [9.17, 15) is 0 Å².